The Bertz CT molecular complexity index is 468. The Morgan fingerprint density at radius 3 is 2.56 bits per heavy atom. The molecule has 1 heterocycles. The molecule has 1 atom stereocenters. The Labute approximate surface area is 113 Å². The first-order chi connectivity index (χ1) is 8.79. The smallest absolute Gasteiger partial charge is 0.0571 e. The second kappa shape index (κ2) is 6.57. The normalized spacial score (nSPS) is 12.3. The molecule has 0 spiro atoms. The van der Waals surface area contributed by atoms with Crippen LogP contribution in [0.2, 0.25) is 0 Å². The summed E-state index contributed by atoms with van der Waals surface area (Å²) >= 11 is 1.80. The van der Waals surface area contributed by atoms with Crippen molar-refractivity contribution in [1.29, 1.82) is 0 Å². The van der Waals surface area contributed by atoms with Crippen molar-refractivity contribution in [2.24, 2.45) is 5.73 Å². The number of rotatable bonds is 5. The van der Waals surface area contributed by atoms with Crippen molar-refractivity contribution in [1.82, 2.24) is 4.98 Å². The zero-order valence-electron chi connectivity index (χ0n) is 10.5. The summed E-state index contributed by atoms with van der Waals surface area (Å²) in [5, 5.41) is 0. The van der Waals surface area contributed by atoms with Crippen molar-refractivity contribution >= 4 is 11.8 Å². The summed E-state index contributed by atoms with van der Waals surface area (Å²) in [5.74, 6) is 0.974. The molecule has 0 saturated carbocycles. The van der Waals surface area contributed by atoms with Crippen LogP contribution in [0.1, 0.15) is 30.6 Å². The SMILES string of the molecule is CC[C@@H](N)c1ccc(SCc2ccccc2)cn1. The summed E-state index contributed by atoms with van der Waals surface area (Å²) in [5.41, 5.74) is 8.24. The molecule has 1 aromatic carbocycles. The molecule has 0 radical (unpaired) electrons. The van der Waals surface area contributed by atoms with Gasteiger partial charge in [-0.05, 0) is 24.1 Å². The Kier molecular flexibility index (Phi) is 4.79. The lowest BCUT2D eigenvalue weighted by molar-refractivity contribution is 0.674. The fraction of sp³-hybridized carbons (Fsp3) is 0.267. The minimum atomic E-state index is 0.0539. The molecular formula is C15H18N2S. The fourth-order valence-electron chi connectivity index (χ4n) is 1.65. The minimum absolute atomic E-state index is 0.0539. The van der Waals surface area contributed by atoms with Crippen LogP contribution in [0.25, 0.3) is 0 Å². The highest BCUT2D eigenvalue weighted by Crippen LogP contribution is 2.23. The van der Waals surface area contributed by atoms with Gasteiger partial charge < -0.3 is 5.73 Å². The molecule has 2 rings (SSSR count). The standard InChI is InChI=1S/C15H18N2S/c1-2-14(16)15-9-8-13(10-17-15)18-11-12-6-4-3-5-7-12/h3-10,14H,2,11,16H2,1H3/t14-/m1/s1. The maximum absolute atomic E-state index is 5.94. The number of thioether (sulfide) groups is 1. The summed E-state index contributed by atoms with van der Waals surface area (Å²) in [4.78, 5) is 5.60. The van der Waals surface area contributed by atoms with Crippen LogP contribution in [-0.2, 0) is 5.75 Å². The average molecular weight is 258 g/mol. The van der Waals surface area contributed by atoms with E-state index in [1.165, 1.54) is 10.5 Å². The molecule has 1 aromatic heterocycles. The molecule has 0 unspecified atom stereocenters. The zero-order chi connectivity index (χ0) is 12.8. The van der Waals surface area contributed by atoms with Gasteiger partial charge in [-0.1, -0.05) is 37.3 Å². The van der Waals surface area contributed by atoms with E-state index >= 15 is 0 Å². The minimum Gasteiger partial charge on any atom is -0.323 e. The molecule has 2 N–H and O–H groups in total. The number of nitrogens with two attached hydrogens (primary N) is 1. The third-order valence-electron chi connectivity index (χ3n) is 2.83. The number of pyridine rings is 1. The van der Waals surface area contributed by atoms with E-state index in [2.05, 4.69) is 42.2 Å². The molecular weight excluding hydrogens is 240 g/mol. The van der Waals surface area contributed by atoms with Gasteiger partial charge in [0.05, 0.1) is 5.69 Å². The van der Waals surface area contributed by atoms with E-state index in [0.717, 1.165) is 17.9 Å². The number of aromatic nitrogens is 1. The summed E-state index contributed by atoms with van der Waals surface area (Å²) in [6.07, 6.45) is 2.84. The van der Waals surface area contributed by atoms with Crippen LogP contribution in [0.3, 0.4) is 0 Å². The number of hydrogen-bond acceptors (Lipinski definition) is 3. The molecule has 0 saturated heterocycles. The zero-order valence-corrected chi connectivity index (χ0v) is 11.4. The largest absolute Gasteiger partial charge is 0.323 e. The number of nitrogens with zero attached hydrogens (tertiary/aromatic N) is 1. The second-order valence-corrected chi connectivity index (χ2v) is 5.26. The molecule has 0 aliphatic heterocycles. The lowest BCUT2D eigenvalue weighted by Gasteiger charge is -2.08. The van der Waals surface area contributed by atoms with Crippen molar-refractivity contribution in [3.05, 3.63) is 59.9 Å². The third-order valence-corrected chi connectivity index (χ3v) is 3.88. The number of benzene rings is 1. The summed E-state index contributed by atoms with van der Waals surface area (Å²) < 4.78 is 0. The van der Waals surface area contributed by atoms with E-state index in [0.29, 0.717) is 0 Å². The van der Waals surface area contributed by atoms with Crippen LogP contribution in [-0.4, -0.2) is 4.98 Å². The van der Waals surface area contributed by atoms with Crippen LogP contribution in [0, 0.1) is 0 Å². The molecule has 18 heavy (non-hydrogen) atoms. The van der Waals surface area contributed by atoms with Gasteiger partial charge in [-0.25, -0.2) is 0 Å². The van der Waals surface area contributed by atoms with Crippen molar-refractivity contribution in [2.45, 2.75) is 30.0 Å². The molecule has 0 aliphatic carbocycles. The predicted molar refractivity (Wildman–Crippen MR) is 77.5 cm³/mol. The molecule has 0 amide bonds. The van der Waals surface area contributed by atoms with E-state index in [9.17, 15) is 0 Å². The van der Waals surface area contributed by atoms with Gasteiger partial charge in [0.1, 0.15) is 0 Å². The van der Waals surface area contributed by atoms with Crippen molar-refractivity contribution in [2.75, 3.05) is 0 Å². The van der Waals surface area contributed by atoms with E-state index in [1.54, 1.807) is 11.8 Å². The van der Waals surface area contributed by atoms with Gasteiger partial charge in [0.2, 0.25) is 0 Å². The highest BCUT2D eigenvalue weighted by molar-refractivity contribution is 7.98. The molecule has 0 bridgehead atoms. The first kappa shape index (κ1) is 13.1. The van der Waals surface area contributed by atoms with E-state index < -0.39 is 0 Å². The second-order valence-electron chi connectivity index (χ2n) is 4.21. The molecule has 94 valence electrons. The van der Waals surface area contributed by atoms with Crippen LogP contribution < -0.4 is 5.73 Å². The summed E-state index contributed by atoms with van der Waals surface area (Å²) in [6.45, 7) is 2.07. The predicted octanol–water partition coefficient (Wildman–Crippen LogP) is 3.78. The van der Waals surface area contributed by atoms with Crippen LogP contribution in [0.15, 0.2) is 53.6 Å². The third kappa shape index (κ3) is 3.59. The van der Waals surface area contributed by atoms with Gasteiger partial charge in [-0.15, -0.1) is 11.8 Å². The van der Waals surface area contributed by atoms with Crippen LogP contribution in [0.5, 0.6) is 0 Å². The Balaban J connectivity index is 1.94. The fourth-order valence-corrected chi connectivity index (χ4v) is 2.46. The summed E-state index contributed by atoms with van der Waals surface area (Å²) in [6, 6.07) is 14.6. The Hall–Kier alpha value is -1.32. The molecule has 2 aromatic rings. The van der Waals surface area contributed by atoms with Crippen molar-refractivity contribution in [3.63, 3.8) is 0 Å². The van der Waals surface area contributed by atoms with Crippen LogP contribution in [0.4, 0.5) is 0 Å². The maximum Gasteiger partial charge on any atom is 0.0571 e. The Morgan fingerprint density at radius 2 is 1.94 bits per heavy atom. The van der Waals surface area contributed by atoms with E-state index in [4.69, 9.17) is 5.73 Å². The lowest BCUT2D eigenvalue weighted by atomic mass is 10.1. The molecule has 2 nitrogen and oxygen atoms in total. The van der Waals surface area contributed by atoms with Gasteiger partial charge in [0.15, 0.2) is 0 Å². The topological polar surface area (TPSA) is 38.9 Å². The molecule has 0 aliphatic rings. The van der Waals surface area contributed by atoms with Crippen molar-refractivity contribution in [3.8, 4) is 0 Å². The van der Waals surface area contributed by atoms with Gasteiger partial charge in [-0.2, -0.15) is 0 Å². The highest BCUT2D eigenvalue weighted by Gasteiger charge is 2.04. The summed E-state index contributed by atoms with van der Waals surface area (Å²) in [7, 11) is 0. The molecule has 0 fully saturated rings. The van der Waals surface area contributed by atoms with Gasteiger partial charge in [0, 0.05) is 22.9 Å². The first-order valence-corrected chi connectivity index (χ1v) is 7.16. The number of hydrogen-bond donors (Lipinski definition) is 1. The van der Waals surface area contributed by atoms with Crippen LogP contribution >= 0.6 is 11.8 Å². The van der Waals surface area contributed by atoms with Crippen molar-refractivity contribution < 1.29 is 0 Å². The van der Waals surface area contributed by atoms with Gasteiger partial charge in [-0.3, -0.25) is 4.98 Å². The molecule has 3 heteroatoms. The lowest BCUT2D eigenvalue weighted by Crippen LogP contribution is -2.10. The quantitative estimate of drug-likeness (QED) is 0.829. The first-order valence-electron chi connectivity index (χ1n) is 6.18. The van der Waals surface area contributed by atoms with E-state index in [-0.39, 0.29) is 6.04 Å². The van der Waals surface area contributed by atoms with Gasteiger partial charge in [0.25, 0.3) is 0 Å². The monoisotopic (exact) mass is 258 g/mol. The van der Waals surface area contributed by atoms with Gasteiger partial charge >= 0.3 is 0 Å². The maximum atomic E-state index is 5.94. The highest BCUT2D eigenvalue weighted by atomic mass is 32.2. The average Bonchev–Trinajstić information content (AvgIpc) is 2.46. The van der Waals surface area contributed by atoms with E-state index in [1.807, 2.05) is 18.3 Å². The Morgan fingerprint density at radius 1 is 1.17 bits per heavy atom.